The van der Waals surface area contributed by atoms with Crippen LogP contribution in [0.1, 0.15) is 6.42 Å². The minimum Gasteiger partial charge on any atom is -0.373 e. The second-order valence-electron chi connectivity index (χ2n) is 4.47. The van der Waals surface area contributed by atoms with Crippen molar-refractivity contribution in [2.45, 2.75) is 12.5 Å². The van der Waals surface area contributed by atoms with Gasteiger partial charge in [0.25, 0.3) is 11.8 Å². The Bertz CT molecular complexity index is 663. The first-order chi connectivity index (χ1) is 9.16. The van der Waals surface area contributed by atoms with E-state index in [1.165, 1.54) is 0 Å². The van der Waals surface area contributed by atoms with Gasteiger partial charge in [0.05, 0.1) is 6.42 Å². The summed E-state index contributed by atoms with van der Waals surface area (Å²) < 4.78 is 0. The van der Waals surface area contributed by atoms with Gasteiger partial charge in [0, 0.05) is 11.1 Å². The van der Waals surface area contributed by atoms with Crippen LogP contribution >= 0.6 is 0 Å². The summed E-state index contributed by atoms with van der Waals surface area (Å²) in [5.74, 6) is -1.19. The Morgan fingerprint density at radius 2 is 1.84 bits per heavy atom. The minimum atomic E-state index is -0.705. The summed E-state index contributed by atoms with van der Waals surface area (Å²) in [6, 6.07) is 12.8. The van der Waals surface area contributed by atoms with Crippen molar-refractivity contribution in [2.75, 3.05) is 5.32 Å². The maximum atomic E-state index is 11.6. The minimum absolute atomic E-state index is 0.0292. The SMILES string of the molecule is O=C1CC(Nc2cccc3ccccc23)C(=O)N1O. The lowest BCUT2D eigenvalue weighted by Gasteiger charge is -2.13. The van der Waals surface area contributed by atoms with Crippen LogP contribution in [-0.2, 0) is 9.59 Å². The number of benzene rings is 2. The number of carbonyl (C=O) groups excluding carboxylic acids is 2. The van der Waals surface area contributed by atoms with Crippen LogP contribution in [0.25, 0.3) is 10.8 Å². The second kappa shape index (κ2) is 4.37. The van der Waals surface area contributed by atoms with Gasteiger partial charge in [0.1, 0.15) is 6.04 Å². The van der Waals surface area contributed by atoms with Crippen LogP contribution in [-0.4, -0.2) is 28.1 Å². The van der Waals surface area contributed by atoms with Crippen molar-refractivity contribution in [1.82, 2.24) is 5.06 Å². The zero-order valence-electron chi connectivity index (χ0n) is 10.0. The van der Waals surface area contributed by atoms with E-state index < -0.39 is 17.9 Å². The number of imide groups is 1. The maximum absolute atomic E-state index is 11.6. The lowest BCUT2D eigenvalue weighted by Crippen LogP contribution is -2.32. The number of hydroxylamine groups is 2. The highest BCUT2D eigenvalue weighted by molar-refractivity contribution is 6.06. The number of anilines is 1. The average Bonchev–Trinajstić information content (AvgIpc) is 2.67. The zero-order valence-corrected chi connectivity index (χ0v) is 10.0. The van der Waals surface area contributed by atoms with E-state index in [0.29, 0.717) is 0 Å². The van der Waals surface area contributed by atoms with E-state index >= 15 is 0 Å². The van der Waals surface area contributed by atoms with Crippen molar-refractivity contribution >= 4 is 28.3 Å². The highest BCUT2D eigenvalue weighted by atomic mass is 16.5. The van der Waals surface area contributed by atoms with E-state index in [-0.39, 0.29) is 11.5 Å². The lowest BCUT2D eigenvalue weighted by molar-refractivity contribution is -0.171. The Morgan fingerprint density at radius 1 is 1.11 bits per heavy atom. The first kappa shape index (κ1) is 11.7. The molecule has 1 heterocycles. The molecule has 2 aromatic rings. The van der Waals surface area contributed by atoms with E-state index in [1.54, 1.807) is 0 Å². The summed E-state index contributed by atoms with van der Waals surface area (Å²) in [6.07, 6.45) is -0.0292. The summed E-state index contributed by atoms with van der Waals surface area (Å²) in [6.45, 7) is 0. The van der Waals surface area contributed by atoms with Crippen LogP contribution in [0.4, 0.5) is 5.69 Å². The molecule has 2 amide bonds. The molecule has 1 saturated heterocycles. The molecule has 96 valence electrons. The normalized spacial score (nSPS) is 19.2. The number of fused-ring (bicyclic) bond motifs is 1. The van der Waals surface area contributed by atoms with Crippen LogP contribution in [0.3, 0.4) is 0 Å². The van der Waals surface area contributed by atoms with Gasteiger partial charge in [0.15, 0.2) is 0 Å². The molecule has 1 fully saturated rings. The molecule has 0 saturated carbocycles. The fourth-order valence-electron chi connectivity index (χ4n) is 2.27. The molecular formula is C14H12N2O3. The molecule has 1 aliphatic heterocycles. The third-order valence-corrected chi connectivity index (χ3v) is 3.24. The van der Waals surface area contributed by atoms with Gasteiger partial charge >= 0.3 is 0 Å². The van der Waals surface area contributed by atoms with Gasteiger partial charge in [-0.1, -0.05) is 36.4 Å². The molecule has 0 aliphatic carbocycles. The monoisotopic (exact) mass is 256 g/mol. The van der Waals surface area contributed by atoms with Gasteiger partial charge in [-0.25, -0.2) is 0 Å². The van der Waals surface area contributed by atoms with Crippen molar-refractivity contribution in [3.8, 4) is 0 Å². The predicted octanol–water partition coefficient (Wildman–Crippen LogP) is 1.77. The molecule has 19 heavy (non-hydrogen) atoms. The van der Waals surface area contributed by atoms with Crippen molar-refractivity contribution in [1.29, 1.82) is 0 Å². The predicted molar refractivity (Wildman–Crippen MR) is 69.6 cm³/mol. The summed E-state index contributed by atoms with van der Waals surface area (Å²) >= 11 is 0. The molecule has 1 atom stereocenters. The molecule has 1 aliphatic rings. The molecule has 3 rings (SSSR count). The Balaban J connectivity index is 1.94. The third kappa shape index (κ3) is 1.94. The van der Waals surface area contributed by atoms with Crippen molar-refractivity contribution in [3.63, 3.8) is 0 Å². The Kier molecular flexibility index (Phi) is 2.68. The summed E-state index contributed by atoms with van der Waals surface area (Å²) in [5.41, 5.74) is 0.777. The van der Waals surface area contributed by atoms with E-state index in [2.05, 4.69) is 5.32 Å². The van der Waals surface area contributed by atoms with Crippen LogP contribution in [0.15, 0.2) is 42.5 Å². The Morgan fingerprint density at radius 3 is 2.58 bits per heavy atom. The molecule has 1 unspecified atom stereocenters. The molecule has 0 spiro atoms. The first-order valence-electron chi connectivity index (χ1n) is 5.97. The lowest BCUT2D eigenvalue weighted by atomic mass is 10.1. The molecule has 2 aromatic carbocycles. The van der Waals surface area contributed by atoms with Gasteiger partial charge in [-0.05, 0) is 11.5 Å². The number of nitrogens with zero attached hydrogens (tertiary/aromatic N) is 1. The quantitative estimate of drug-likeness (QED) is 0.634. The second-order valence-corrected chi connectivity index (χ2v) is 4.47. The largest absolute Gasteiger partial charge is 0.373 e. The third-order valence-electron chi connectivity index (χ3n) is 3.24. The fourth-order valence-corrected chi connectivity index (χ4v) is 2.27. The van der Waals surface area contributed by atoms with Gasteiger partial charge in [-0.15, -0.1) is 0 Å². The Hall–Kier alpha value is -2.40. The number of nitrogens with one attached hydrogen (secondary N) is 1. The zero-order chi connectivity index (χ0) is 13.4. The number of carbonyl (C=O) groups is 2. The highest BCUT2D eigenvalue weighted by Gasteiger charge is 2.38. The summed E-state index contributed by atoms with van der Waals surface area (Å²) in [7, 11) is 0. The van der Waals surface area contributed by atoms with Crippen LogP contribution in [0, 0.1) is 0 Å². The van der Waals surface area contributed by atoms with Crippen molar-refractivity contribution in [2.24, 2.45) is 0 Å². The molecule has 0 aromatic heterocycles. The van der Waals surface area contributed by atoms with Crippen LogP contribution in [0.5, 0.6) is 0 Å². The van der Waals surface area contributed by atoms with Crippen molar-refractivity contribution < 1.29 is 14.8 Å². The van der Waals surface area contributed by atoms with Gasteiger partial charge in [-0.2, -0.15) is 5.06 Å². The van der Waals surface area contributed by atoms with Crippen LogP contribution in [0.2, 0.25) is 0 Å². The van der Waals surface area contributed by atoms with Crippen molar-refractivity contribution in [3.05, 3.63) is 42.5 Å². The summed E-state index contributed by atoms with van der Waals surface area (Å²) in [4.78, 5) is 22.9. The van der Waals surface area contributed by atoms with E-state index in [4.69, 9.17) is 0 Å². The molecule has 2 N–H and O–H groups in total. The van der Waals surface area contributed by atoms with E-state index in [9.17, 15) is 14.8 Å². The standard InChI is InChI=1S/C14H12N2O3/c17-13-8-12(14(18)16(13)19)15-11-7-3-5-9-4-1-2-6-10(9)11/h1-7,12,15,19H,8H2. The summed E-state index contributed by atoms with van der Waals surface area (Å²) in [5, 5.41) is 14.4. The maximum Gasteiger partial charge on any atom is 0.276 e. The highest BCUT2D eigenvalue weighted by Crippen LogP contribution is 2.25. The number of hydrogen-bond acceptors (Lipinski definition) is 4. The fraction of sp³-hybridized carbons (Fsp3) is 0.143. The van der Waals surface area contributed by atoms with E-state index in [1.807, 2.05) is 42.5 Å². The Labute approximate surface area is 109 Å². The number of amides is 2. The molecule has 0 radical (unpaired) electrons. The molecule has 0 bridgehead atoms. The first-order valence-corrected chi connectivity index (χ1v) is 5.97. The van der Waals surface area contributed by atoms with Gasteiger partial charge in [0.2, 0.25) is 0 Å². The number of hydrogen-bond donors (Lipinski definition) is 2. The molecule has 5 heteroatoms. The van der Waals surface area contributed by atoms with Crippen LogP contribution < -0.4 is 5.32 Å². The van der Waals surface area contributed by atoms with E-state index in [0.717, 1.165) is 16.5 Å². The van der Waals surface area contributed by atoms with Gasteiger partial charge in [-0.3, -0.25) is 14.8 Å². The smallest absolute Gasteiger partial charge is 0.276 e. The van der Waals surface area contributed by atoms with Gasteiger partial charge < -0.3 is 5.32 Å². The average molecular weight is 256 g/mol. The topological polar surface area (TPSA) is 69.6 Å². The molecule has 5 nitrogen and oxygen atoms in total. The molecular weight excluding hydrogens is 244 g/mol. The number of rotatable bonds is 2.